The van der Waals surface area contributed by atoms with Gasteiger partial charge in [0.15, 0.2) is 0 Å². The number of aryl methyl sites for hydroxylation is 1. The van der Waals surface area contributed by atoms with Crippen molar-refractivity contribution in [3.63, 3.8) is 0 Å². The Bertz CT molecular complexity index is 302. The van der Waals surface area contributed by atoms with E-state index in [0.717, 1.165) is 6.54 Å². The number of halogens is 1. The molecule has 0 fully saturated rings. The van der Waals surface area contributed by atoms with Crippen molar-refractivity contribution in [3.8, 4) is 0 Å². The van der Waals surface area contributed by atoms with Crippen molar-refractivity contribution in [1.29, 1.82) is 0 Å². The number of hydrogen-bond acceptors (Lipinski definition) is 2. The molecule has 1 nitrogen and oxygen atoms in total. The number of rotatable bonds is 6. The van der Waals surface area contributed by atoms with E-state index in [1.807, 2.05) is 11.8 Å². The molecule has 84 valence electrons. The molecule has 0 aromatic heterocycles. The zero-order valence-electron chi connectivity index (χ0n) is 9.35. The second-order valence-corrected chi connectivity index (χ2v) is 5.74. The first kappa shape index (κ1) is 13.2. The molecule has 1 N–H and O–H groups in total. The van der Waals surface area contributed by atoms with Gasteiger partial charge in [-0.1, -0.05) is 6.07 Å². The van der Waals surface area contributed by atoms with Gasteiger partial charge in [-0.2, -0.15) is 11.8 Å². The molecule has 0 aliphatic carbocycles. The molecule has 0 aliphatic rings. The SMILES string of the molecule is CSCCCCNc1ccc(C)c(I)c1. The number of anilines is 1. The summed E-state index contributed by atoms with van der Waals surface area (Å²) in [5, 5.41) is 3.46. The molecule has 0 amide bonds. The molecule has 0 aliphatic heterocycles. The van der Waals surface area contributed by atoms with Gasteiger partial charge in [0.2, 0.25) is 0 Å². The number of nitrogens with one attached hydrogen (secondary N) is 1. The molecule has 1 rings (SSSR count). The summed E-state index contributed by atoms with van der Waals surface area (Å²) in [6.07, 6.45) is 4.72. The molecule has 0 saturated carbocycles. The van der Waals surface area contributed by atoms with E-state index < -0.39 is 0 Å². The molecule has 0 atom stereocenters. The quantitative estimate of drug-likeness (QED) is 0.619. The highest BCUT2D eigenvalue weighted by atomic mass is 127. The predicted octanol–water partition coefficient (Wildman–Crippen LogP) is 4.15. The van der Waals surface area contributed by atoms with Crippen LogP contribution in [0.5, 0.6) is 0 Å². The lowest BCUT2D eigenvalue weighted by Crippen LogP contribution is -2.02. The molecule has 0 heterocycles. The fourth-order valence-electron chi connectivity index (χ4n) is 1.31. The van der Waals surface area contributed by atoms with Crippen LogP contribution >= 0.6 is 34.4 Å². The number of benzene rings is 1. The molecule has 15 heavy (non-hydrogen) atoms. The van der Waals surface area contributed by atoms with E-state index in [0.29, 0.717) is 0 Å². The van der Waals surface area contributed by atoms with Gasteiger partial charge in [-0.05, 0) is 72.1 Å². The smallest absolute Gasteiger partial charge is 0.0350 e. The Morgan fingerprint density at radius 2 is 2.13 bits per heavy atom. The van der Waals surface area contributed by atoms with Gasteiger partial charge in [0.1, 0.15) is 0 Å². The first-order valence-corrected chi connectivity index (χ1v) is 7.70. The average molecular weight is 335 g/mol. The second kappa shape index (κ2) is 7.39. The Kier molecular flexibility index (Phi) is 6.48. The van der Waals surface area contributed by atoms with Gasteiger partial charge in [-0.25, -0.2) is 0 Å². The summed E-state index contributed by atoms with van der Waals surface area (Å²) in [5.41, 5.74) is 2.60. The van der Waals surface area contributed by atoms with Crippen molar-refractivity contribution in [2.75, 3.05) is 23.9 Å². The van der Waals surface area contributed by atoms with E-state index in [1.165, 1.54) is 33.4 Å². The van der Waals surface area contributed by atoms with Crippen LogP contribution in [-0.2, 0) is 0 Å². The summed E-state index contributed by atoms with van der Waals surface area (Å²) in [4.78, 5) is 0. The van der Waals surface area contributed by atoms with Crippen LogP contribution in [0.2, 0.25) is 0 Å². The van der Waals surface area contributed by atoms with Crippen molar-refractivity contribution in [3.05, 3.63) is 27.3 Å². The maximum atomic E-state index is 3.46. The maximum Gasteiger partial charge on any atom is 0.0350 e. The molecule has 1 aromatic rings. The summed E-state index contributed by atoms with van der Waals surface area (Å²) in [6.45, 7) is 3.23. The zero-order chi connectivity index (χ0) is 11.1. The molecule has 0 spiro atoms. The third-order valence-electron chi connectivity index (χ3n) is 2.28. The lowest BCUT2D eigenvalue weighted by atomic mass is 10.2. The van der Waals surface area contributed by atoms with Gasteiger partial charge in [0.05, 0.1) is 0 Å². The van der Waals surface area contributed by atoms with E-state index in [1.54, 1.807) is 0 Å². The van der Waals surface area contributed by atoms with E-state index in [9.17, 15) is 0 Å². The molecule has 1 aromatic carbocycles. The van der Waals surface area contributed by atoms with Crippen LogP contribution < -0.4 is 5.32 Å². The predicted molar refractivity (Wildman–Crippen MR) is 80.0 cm³/mol. The zero-order valence-corrected chi connectivity index (χ0v) is 12.3. The van der Waals surface area contributed by atoms with E-state index in [4.69, 9.17) is 0 Å². The largest absolute Gasteiger partial charge is 0.385 e. The topological polar surface area (TPSA) is 12.0 Å². The molecular weight excluding hydrogens is 317 g/mol. The highest BCUT2D eigenvalue weighted by Gasteiger charge is 1.96. The van der Waals surface area contributed by atoms with Gasteiger partial charge in [0.25, 0.3) is 0 Å². The summed E-state index contributed by atoms with van der Waals surface area (Å²) in [5.74, 6) is 1.27. The van der Waals surface area contributed by atoms with Crippen LogP contribution in [0.25, 0.3) is 0 Å². The van der Waals surface area contributed by atoms with Crippen molar-refractivity contribution in [2.24, 2.45) is 0 Å². The van der Waals surface area contributed by atoms with Crippen LogP contribution in [-0.4, -0.2) is 18.6 Å². The fourth-order valence-corrected chi connectivity index (χ4v) is 2.32. The monoisotopic (exact) mass is 335 g/mol. The summed E-state index contributed by atoms with van der Waals surface area (Å²) in [6, 6.07) is 6.54. The second-order valence-electron chi connectivity index (χ2n) is 3.59. The highest BCUT2D eigenvalue weighted by Crippen LogP contribution is 2.17. The van der Waals surface area contributed by atoms with Gasteiger partial charge in [0, 0.05) is 15.8 Å². The van der Waals surface area contributed by atoms with E-state index in [-0.39, 0.29) is 0 Å². The number of unbranched alkanes of at least 4 members (excludes halogenated alkanes) is 1. The molecule has 3 heteroatoms. The van der Waals surface area contributed by atoms with Gasteiger partial charge in [-0.3, -0.25) is 0 Å². The lowest BCUT2D eigenvalue weighted by Gasteiger charge is -2.07. The third kappa shape index (κ3) is 5.11. The van der Waals surface area contributed by atoms with E-state index in [2.05, 4.69) is 59.3 Å². The Labute approximate surface area is 111 Å². The Morgan fingerprint density at radius 1 is 1.33 bits per heavy atom. The first-order valence-electron chi connectivity index (χ1n) is 5.23. The summed E-state index contributed by atoms with van der Waals surface area (Å²) >= 11 is 4.30. The Morgan fingerprint density at radius 3 is 2.80 bits per heavy atom. The van der Waals surface area contributed by atoms with Crippen LogP contribution in [0.1, 0.15) is 18.4 Å². The Hall–Kier alpha value is 0.100. The average Bonchev–Trinajstić information content (AvgIpc) is 2.23. The summed E-state index contributed by atoms with van der Waals surface area (Å²) in [7, 11) is 0. The first-order chi connectivity index (χ1) is 7.24. The normalized spacial score (nSPS) is 10.3. The lowest BCUT2D eigenvalue weighted by molar-refractivity contribution is 0.843. The molecule has 0 radical (unpaired) electrons. The van der Waals surface area contributed by atoms with Crippen LogP contribution in [0.15, 0.2) is 18.2 Å². The van der Waals surface area contributed by atoms with E-state index >= 15 is 0 Å². The van der Waals surface area contributed by atoms with Gasteiger partial charge < -0.3 is 5.32 Å². The standard InChI is InChI=1S/C12H18INS/c1-10-5-6-11(9-12(10)13)14-7-3-4-8-15-2/h5-6,9,14H,3-4,7-8H2,1-2H3. The Balaban J connectivity index is 2.28. The highest BCUT2D eigenvalue weighted by molar-refractivity contribution is 14.1. The van der Waals surface area contributed by atoms with Crippen LogP contribution in [0.4, 0.5) is 5.69 Å². The minimum atomic E-state index is 1.08. The number of hydrogen-bond donors (Lipinski definition) is 1. The molecule has 0 saturated heterocycles. The summed E-state index contributed by atoms with van der Waals surface area (Å²) < 4.78 is 1.33. The fraction of sp³-hybridized carbons (Fsp3) is 0.500. The molecule has 0 bridgehead atoms. The minimum Gasteiger partial charge on any atom is -0.385 e. The number of thioether (sulfide) groups is 1. The molecule has 0 unspecified atom stereocenters. The van der Waals surface area contributed by atoms with Crippen molar-refractivity contribution in [2.45, 2.75) is 19.8 Å². The van der Waals surface area contributed by atoms with Crippen molar-refractivity contribution < 1.29 is 0 Å². The van der Waals surface area contributed by atoms with Crippen molar-refractivity contribution in [1.82, 2.24) is 0 Å². The van der Waals surface area contributed by atoms with Crippen LogP contribution in [0, 0.1) is 10.5 Å². The molecular formula is C12H18INS. The van der Waals surface area contributed by atoms with Crippen LogP contribution in [0.3, 0.4) is 0 Å². The van der Waals surface area contributed by atoms with Gasteiger partial charge >= 0.3 is 0 Å². The third-order valence-corrected chi connectivity index (χ3v) is 4.14. The van der Waals surface area contributed by atoms with Gasteiger partial charge in [-0.15, -0.1) is 0 Å². The maximum absolute atomic E-state index is 3.46. The van der Waals surface area contributed by atoms with Crippen molar-refractivity contribution >= 4 is 40.0 Å². The minimum absolute atomic E-state index is 1.08.